The summed E-state index contributed by atoms with van der Waals surface area (Å²) in [4.78, 5) is 25.2. The molecule has 3 aromatic carbocycles. The second kappa shape index (κ2) is 10.9. The third-order valence-electron chi connectivity index (χ3n) is 5.14. The molecule has 0 saturated carbocycles. The summed E-state index contributed by atoms with van der Waals surface area (Å²) in [6.07, 6.45) is 0. The van der Waals surface area contributed by atoms with Crippen LogP contribution in [0, 0.1) is 20.8 Å². The minimum atomic E-state index is -4.05. The largest absolute Gasteiger partial charge is 0.462 e. The van der Waals surface area contributed by atoms with E-state index in [1.54, 1.807) is 31.2 Å². The lowest BCUT2D eigenvalue weighted by Crippen LogP contribution is -2.38. The van der Waals surface area contributed by atoms with Crippen LogP contribution in [-0.4, -0.2) is 33.4 Å². The van der Waals surface area contributed by atoms with Gasteiger partial charge in [0, 0.05) is 5.69 Å². The molecule has 3 rings (SSSR count). The van der Waals surface area contributed by atoms with Gasteiger partial charge < -0.3 is 10.1 Å². The molecule has 1 amide bonds. The zero-order valence-corrected chi connectivity index (χ0v) is 21.5. The highest BCUT2D eigenvalue weighted by molar-refractivity contribution is 7.92. The van der Waals surface area contributed by atoms with Gasteiger partial charge in [-0.25, -0.2) is 13.2 Å². The molecule has 0 spiro atoms. The molecular formula is C26H27ClN2O5S. The average molecular weight is 515 g/mol. The molecule has 0 heterocycles. The summed E-state index contributed by atoms with van der Waals surface area (Å²) in [5.41, 5.74) is 3.41. The van der Waals surface area contributed by atoms with E-state index in [2.05, 4.69) is 5.32 Å². The van der Waals surface area contributed by atoms with Crippen LogP contribution in [0.25, 0.3) is 0 Å². The summed E-state index contributed by atoms with van der Waals surface area (Å²) in [6.45, 7) is 6.95. The van der Waals surface area contributed by atoms with E-state index in [1.165, 1.54) is 30.3 Å². The maximum absolute atomic E-state index is 13.6. The Kier molecular flexibility index (Phi) is 8.19. The van der Waals surface area contributed by atoms with Gasteiger partial charge in [-0.15, -0.1) is 0 Å². The summed E-state index contributed by atoms with van der Waals surface area (Å²) < 4.78 is 33.2. The molecule has 0 atom stereocenters. The van der Waals surface area contributed by atoms with Gasteiger partial charge >= 0.3 is 5.97 Å². The Morgan fingerprint density at radius 1 is 0.914 bits per heavy atom. The molecule has 1 N–H and O–H groups in total. The average Bonchev–Trinajstić information content (AvgIpc) is 2.78. The minimum Gasteiger partial charge on any atom is -0.462 e. The van der Waals surface area contributed by atoms with E-state index in [-0.39, 0.29) is 27.8 Å². The molecule has 0 aliphatic carbocycles. The molecule has 0 radical (unpaired) electrons. The van der Waals surface area contributed by atoms with Crippen molar-refractivity contribution in [1.29, 1.82) is 0 Å². The first-order valence-corrected chi connectivity index (χ1v) is 12.8. The number of carbonyl (C=O) groups is 2. The maximum atomic E-state index is 13.6. The number of benzene rings is 3. The van der Waals surface area contributed by atoms with Crippen molar-refractivity contribution in [3.05, 3.63) is 87.9 Å². The van der Waals surface area contributed by atoms with Crippen molar-refractivity contribution in [2.24, 2.45) is 0 Å². The lowest BCUT2D eigenvalue weighted by Gasteiger charge is -2.25. The molecular weight excluding hydrogens is 488 g/mol. The van der Waals surface area contributed by atoms with Crippen molar-refractivity contribution < 1.29 is 22.7 Å². The standard InChI is InChI=1S/C26H27ClN2O5S/c1-5-34-26(31)23-15-20(8-11-24(23)27)28-25(30)16-29(21-13-18(3)12-19(4)14-21)35(32,33)22-9-6-17(2)7-10-22/h6-15H,5,16H2,1-4H3,(H,28,30). The smallest absolute Gasteiger partial charge is 0.339 e. The van der Waals surface area contributed by atoms with Crippen molar-refractivity contribution in [2.45, 2.75) is 32.6 Å². The number of rotatable bonds is 8. The number of esters is 1. The summed E-state index contributed by atoms with van der Waals surface area (Å²) in [5.74, 6) is -1.20. The SMILES string of the molecule is CCOC(=O)c1cc(NC(=O)CN(c2cc(C)cc(C)c2)S(=O)(=O)c2ccc(C)cc2)ccc1Cl. The van der Waals surface area contributed by atoms with Crippen molar-refractivity contribution in [1.82, 2.24) is 0 Å². The van der Waals surface area contributed by atoms with E-state index in [1.807, 2.05) is 26.8 Å². The Hall–Kier alpha value is -3.36. The Morgan fingerprint density at radius 2 is 1.54 bits per heavy atom. The Labute approximate surface area is 210 Å². The molecule has 7 nitrogen and oxygen atoms in total. The van der Waals surface area contributed by atoms with Crippen molar-refractivity contribution >= 4 is 44.9 Å². The predicted molar refractivity (Wildman–Crippen MR) is 138 cm³/mol. The highest BCUT2D eigenvalue weighted by Crippen LogP contribution is 2.27. The van der Waals surface area contributed by atoms with Crippen LogP contribution in [0.5, 0.6) is 0 Å². The van der Waals surface area contributed by atoms with Crippen LogP contribution >= 0.6 is 11.6 Å². The highest BCUT2D eigenvalue weighted by atomic mass is 35.5. The van der Waals surface area contributed by atoms with Crippen molar-refractivity contribution in [2.75, 3.05) is 22.8 Å². The first-order chi connectivity index (χ1) is 16.5. The van der Waals surface area contributed by atoms with Crippen molar-refractivity contribution in [3.8, 4) is 0 Å². The molecule has 0 aliphatic heterocycles. The molecule has 0 bridgehead atoms. The summed E-state index contributed by atoms with van der Waals surface area (Å²) >= 11 is 6.10. The predicted octanol–water partition coefficient (Wildman–Crippen LogP) is 5.28. The van der Waals surface area contributed by atoms with E-state index < -0.39 is 28.4 Å². The number of sulfonamides is 1. The molecule has 0 unspecified atom stereocenters. The fourth-order valence-electron chi connectivity index (χ4n) is 3.55. The number of ether oxygens (including phenoxy) is 1. The minimum absolute atomic E-state index is 0.0751. The zero-order valence-electron chi connectivity index (χ0n) is 20.0. The molecule has 35 heavy (non-hydrogen) atoms. The Morgan fingerprint density at radius 3 is 2.14 bits per heavy atom. The topological polar surface area (TPSA) is 92.8 Å². The third-order valence-corrected chi connectivity index (χ3v) is 7.25. The van der Waals surface area contributed by atoms with E-state index in [0.29, 0.717) is 5.69 Å². The monoisotopic (exact) mass is 514 g/mol. The fourth-order valence-corrected chi connectivity index (χ4v) is 5.15. The van der Waals surface area contributed by atoms with Gasteiger partial charge in [-0.3, -0.25) is 9.10 Å². The lowest BCUT2D eigenvalue weighted by atomic mass is 10.1. The molecule has 0 fully saturated rings. The van der Waals surface area contributed by atoms with Crippen LogP contribution < -0.4 is 9.62 Å². The molecule has 0 aliphatic rings. The van der Waals surface area contributed by atoms with Gasteiger partial charge in [-0.1, -0.05) is 35.4 Å². The first-order valence-electron chi connectivity index (χ1n) is 11.0. The number of hydrogen-bond donors (Lipinski definition) is 1. The number of halogens is 1. The molecule has 9 heteroatoms. The maximum Gasteiger partial charge on any atom is 0.339 e. The van der Waals surface area contributed by atoms with Gasteiger partial charge in [0.25, 0.3) is 10.0 Å². The number of nitrogens with one attached hydrogen (secondary N) is 1. The normalized spacial score (nSPS) is 11.1. The molecule has 184 valence electrons. The van der Waals surface area contributed by atoms with Crippen molar-refractivity contribution in [3.63, 3.8) is 0 Å². The van der Waals surface area contributed by atoms with Gasteiger partial charge in [0.05, 0.1) is 27.8 Å². The van der Waals surface area contributed by atoms with E-state index in [4.69, 9.17) is 16.3 Å². The van der Waals surface area contributed by atoms with Crippen LogP contribution in [0.1, 0.15) is 34.0 Å². The Bertz CT molecular complexity index is 1330. The lowest BCUT2D eigenvalue weighted by molar-refractivity contribution is -0.114. The first kappa shape index (κ1) is 26.2. The second-order valence-corrected chi connectivity index (χ2v) is 10.4. The number of carbonyl (C=O) groups excluding carboxylic acids is 2. The second-order valence-electron chi connectivity index (χ2n) is 8.13. The third kappa shape index (κ3) is 6.41. The number of hydrogen-bond acceptors (Lipinski definition) is 5. The van der Waals surface area contributed by atoms with Gasteiger partial charge in [-0.2, -0.15) is 0 Å². The fraction of sp³-hybridized carbons (Fsp3) is 0.231. The van der Waals surface area contributed by atoms with E-state index >= 15 is 0 Å². The highest BCUT2D eigenvalue weighted by Gasteiger charge is 2.28. The van der Waals surface area contributed by atoms with Crippen LogP contribution in [0.2, 0.25) is 5.02 Å². The summed E-state index contributed by atoms with van der Waals surface area (Å²) in [5, 5.41) is 2.84. The molecule has 3 aromatic rings. The van der Waals surface area contributed by atoms with Crippen LogP contribution in [0.15, 0.2) is 65.6 Å². The Balaban J connectivity index is 1.95. The number of anilines is 2. The quantitative estimate of drug-likeness (QED) is 0.413. The van der Waals surface area contributed by atoms with Crippen LogP contribution in [0.3, 0.4) is 0 Å². The van der Waals surface area contributed by atoms with Gasteiger partial charge in [0.1, 0.15) is 6.54 Å². The van der Waals surface area contributed by atoms with E-state index in [9.17, 15) is 18.0 Å². The van der Waals surface area contributed by atoms with Gasteiger partial charge in [-0.05, 0) is 81.3 Å². The number of amides is 1. The van der Waals surface area contributed by atoms with Crippen LogP contribution in [0.4, 0.5) is 11.4 Å². The zero-order chi connectivity index (χ0) is 25.8. The summed E-state index contributed by atoms with van der Waals surface area (Å²) in [6, 6.07) is 16.2. The number of nitrogens with zero attached hydrogens (tertiary/aromatic N) is 1. The van der Waals surface area contributed by atoms with Gasteiger partial charge in [0.15, 0.2) is 0 Å². The molecule has 0 aromatic heterocycles. The number of aryl methyl sites for hydroxylation is 3. The van der Waals surface area contributed by atoms with E-state index in [0.717, 1.165) is 21.0 Å². The summed E-state index contributed by atoms with van der Waals surface area (Å²) in [7, 11) is -4.05. The molecule has 0 saturated heterocycles. The van der Waals surface area contributed by atoms with Crippen LogP contribution in [-0.2, 0) is 19.6 Å². The van der Waals surface area contributed by atoms with Gasteiger partial charge in [0.2, 0.25) is 5.91 Å².